The van der Waals surface area contributed by atoms with Crippen LogP contribution in [0.2, 0.25) is 0 Å². The fraction of sp³-hybridized carbons (Fsp3) is 0.296. The Bertz CT molecular complexity index is 1100. The van der Waals surface area contributed by atoms with Gasteiger partial charge in [-0.15, -0.1) is 0 Å². The number of rotatable bonds is 13. The Labute approximate surface area is 205 Å². The Morgan fingerprint density at radius 2 is 1.71 bits per heavy atom. The highest BCUT2D eigenvalue weighted by atomic mass is 16.5. The van der Waals surface area contributed by atoms with Crippen molar-refractivity contribution < 1.29 is 24.2 Å². The zero-order chi connectivity index (χ0) is 25.0. The number of ether oxygens (including phenoxy) is 2. The number of carbonyl (C=O) groups excluding carboxylic acids is 1. The predicted molar refractivity (Wildman–Crippen MR) is 134 cm³/mol. The van der Waals surface area contributed by atoms with Gasteiger partial charge in [0.2, 0.25) is 0 Å². The maximum absolute atomic E-state index is 12.6. The van der Waals surface area contributed by atoms with Crippen LogP contribution in [0, 0.1) is 6.92 Å². The summed E-state index contributed by atoms with van der Waals surface area (Å²) in [6.07, 6.45) is 1.03. The molecule has 0 spiro atoms. The molecule has 0 aliphatic carbocycles. The van der Waals surface area contributed by atoms with Gasteiger partial charge < -0.3 is 25.2 Å². The van der Waals surface area contributed by atoms with E-state index in [-0.39, 0.29) is 12.3 Å². The lowest BCUT2D eigenvalue weighted by molar-refractivity contribution is -0.137. The van der Waals surface area contributed by atoms with E-state index in [0.717, 1.165) is 35.8 Å². The second-order valence-electron chi connectivity index (χ2n) is 8.14. The van der Waals surface area contributed by atoms with Crippen LogP contribution in [-0.2, 0) is 11.2 Å². The van der Waals surface area contributed by atoms with Gasteiger partial charge in [0.15, 0.2) is 0 Å². The topological polar surface area (TPSA) is 110 Å². The Balaban J connectivity index is 1.47. The molecule has 3 rings (SSSR count). The van der Waals surface area contributed by atoms with Crippen LogP contribution >= 0.6 is 0 Å². The second kappa shape index (κ2) is 13.0. The summed E-state index contributed by atoms with van der Waals surface area (Å²) in [4.78, 5) is 28.3. The first-order chi connectivity index (χ1) is 16.9. The number of pyridine rings is 1. The molecule has 0 saturated carbocycles. The first-order valence-electron chi connectivity index (χ1n) is 11.5. The lowest BCUT2D eigenvalue weighted by atomic mass is 10.0. The number of carbonyl (C=O) groups is 2. The number of methoxy groups -OCH3 is 1. The largest absolute Gasteiger partial charge is 0.497 e. The van der Waals surface area contributed by atoms with Gasteiger partial charge in [0.1, 0.15) is 17.3 Å². The molecular formula is C27H31N3O5. The number of amides is 1. The smallest absolute Gasteiger partial charge is 0.305 e. The van der Waals surface area contributed by atoms with E-state index in [2.05, 4.69) is 15.6 Å². The molecule has 1 aromatic heterocycles. The van der Waals surface area contributed by atoms with Gasteiger partial charge in [-0.3, -0.25) is 9.59 Å². The van der Waals surface area contributed by atoms with Crippen LogP contribution in [-0.4, -0.2) is 48.3 Å². The van der Waals surface area contributed by atoms with E-state index in [9.17, 15) is 14.7 Å². The minimum absolute atomic E-state index is 0.178. The first-order valence-corrected chi connectivity index (χ1v) is 11.5. The van der Waals surface area contributed by atoms with Gasteiger partial charge in [-0.1, -0.05) is 18.2 Å². The molecule has 0 aliphatic rings. The van der Waals surface area contributed by atoms with E-state index in [0.29, 0.717) is 24.3 Å². The van der Waals surface area contributed by atoms with Gasteiger partial charge in [0.05, 0.1) is 20.1 Å². The number of carboxylic acids is 1. The van der Waals surface area contributed by atoms with Crippen LogP contribution in [0.4, 0.5) is 5.82 Å². The predicted octanol–water partition coefficient (Wildman–Crippen LogP) is 4.10. The van der Waals surface area contributed by atoms with Gasteiger partial charge in [0.25, 0.3) is 5.91 Å². The average molecular weight is 478 g/mol. The van der Waals surface area contributed by atoms with Crippen molar-refractivity contribution >= 4 is 17.7 Å². The molecule has 0 radical (unpaired) electrons. The summed E-state index contributed by atoms with van der Waals surface area (Å²) >= 11 is 0. The SMILES string of the molecule is COc1ccc(C(=O)NC(CC(=O)O)Cc2ccc(OCCCNc3cccc(C)n3)cc2)cc1. The number of aliphatic carboxylic acids is 1. The van der Waals surface area contributed by atoms with Gasteiger partial charge in [-0.25, -0.2) is 4.98 Å². The molecular weight excluding hydrogens is 446 g/mol. The summed E-state index contributed by atoms with van der Waals surface area (Å²) in [5, 5.41) is 15.4. The zero-order valence-electron chi connectivity index (χ0n) is 20.0. The van der Waals surface area contributed by atoms with Crippen LogP contribution in [0.1, 0.15) is 34.5 Å². The summed E-state index contributed by atoms with van der Waals surface area (Å²) in [6.45, 7) is 3.26. The summed E-state index contributed by atoms with van der Waals surface area (Å²) in [5.74, 6) is 0.933. The maximum atomic E-state index is 12.6. The van der Waals surface area contributed by atoms with E-state index in [1.165, 1.54) is 0 Å². The molecule has 1 amide bonds. The highest BCUT2D eigenvalue weighted by molar-refractivity contribution is 5.94. The number of anilines is 1. The number of aryl methyl sites for hydroxylation is 1. The normalized spacial score (nSPS) is 11.4. The molecule has 3 N–H and O–H groups in total. The molecule has 8 heteroatoms. The van der Waals surface area contributed by atoms with Crippen molar-refractivity contribution in [1.82, 2.24) is 10.3 Å². The van der Waals surface area contributed by atoms with Crippen LogP contribution < -0.4 is 20.1 Å². The van der Waals surface area contributed by atoms with Gasteiger partial charge in [0, 0.05) is 23.8 Å². The quantitative estimate of drug-likeness (QED) is 0.318. The fourth-order valence-corrected chi connectivity index (χ4v) is 3.52. The molecule has 0 aliphatic heterocycles. The molecule has 2 aromatic carbocycles. The van der Waals surface area contributed by atoms with Crippen molar-refractivity contribution in [3.63, 3.8) is 0 Å². The third-order valence-corrected chi connectivity index (χ3v) is 5.30. The number of hydrogen-bond acceptors (Lipinski definition) is 6. The molecule has 184 valence electrons. The van der Waals surface area contributed by atoms with Crippen molar-refractivity contribution in [1.29, 1.82) is 0 Å². The molecule has 1 atom stereocenters. The van der Waals surface area contributed by atoms with Crippen LogP contribution in [0.5, 0.6) is 11.5 Å². The van der Waals surface area contributed by atoms with Crippen molar-refractivity contribution in [3.8, 4) is 11.5 Å². The number of hydrogen-bond donors (Lipinski definition) is 3. The number of aromatic nitrogens is 1. The number of nitrogens with zero attached hydrogens (tertiary/aromatic N) is 1. The third-order valence-electron chi connectivity index (χ3n) is 5.30. The van der Waals surface area contributed by atoms with Crippen molar-refractivity contribution in [2.45, 2.75) is 32.2 Å². The van der Waals surface area contributed by atoms with Crippen LogP contribution in [0.3, 0.4) is 0 Å². The standard InChI is InChI=1S/C27H31N3O5/c1-19-5-3-6-25(29-19)28-15-4-16-35-24-11-7-20(8-12-24)17-22(18-26(31)32)30-27(33)21-9-13-23(34-2)14-10-21/h3,5-14,22H,4,15-18H2,1-2H3,(H,28,29)(H,30,33)(H,31,32). The van der Waals surface area contributed by atoms with Gasteiger partial charge in [-0.2, -0.15) is 0 Å². The minimum atomic E-state index is -0.973. The van der Waals surface area contributed by atoms with Crippen molar-refractivity contribution in [3.05, 3.63) is 83.6 Å². The summed E-state index contributed by atoms with van der Waals surface area (Å²) < 4.78 is 10.9. The minimum Gasteiger partial charge on any atom is -0.497 e. The molecule has 1 unspecified atom stereocenters. The summed E-state index contributed by atoms with van der Waals surface area (Å²) in [5.41, 5.74) is 2.32. The Morgan fingerprint density at radius 1 is 1.00 bits per heavy atom. The molecule has 3 aromatic rings. The zero-order valence-corrected chi connectivity index (χ0v) is 20.0. The lowest BCUT2D eigenvalue weighted by Crippen LogP contribution is -2.38. The summed E-state index contributed by atoms with van der Waals surface area (Å²) in [6, 6.07) is 19.5. The number of carboxylic acid groups (broad SMARTS) is 1. The molecule has 0 fully saturated rings. The summed E-state index contributed by atoms with van der Waals surface area (Å²) in [7, 11) is 1.55. The third kappa shape index (κ3) is 8.66. The van der Waals surface area contributed by atoms with E-state index in [4.69, 9.17) is 9.47 Å². The molecule has 35 heavy (non-hydrogen) atoms. The Hall–Kier alpha value is -4.07. The Morgan fingerprint density at radius 3 is 2.37 bits per heavy atom. The van der Waals surface area contributed by atoms with E-state index in [1.54, 1.807) is 31.4 Å². The first kappa shape index (κ1) is 25.6. The van der Waals surface area contributed by atoms with Crippen molar-refractivity contribution in [2.75, 3.05) is 25.6 Å². The molecule has 8 nitrogen and oxygen atoms in total. The lowest BCUT2D eigenvalue weighted by Gasteiger charge is -2.17. The molecule has 0 saturated heterocycles. The van der Waals surface area contributed by atoms with Gasteiger partial charge in [-0.05, 0) is 73.9 Å². The van der Waals surface area contributed by atoms with Crippen LogP contribution in [0.25, 0.3) is 0 Å². The monoisotopic (exact) mass is 477 g/mol. The highest BCUT2D eigenvalue weighted by Gasteiger charge is 2.18. The second-order valence-corrected chi connectivity index (χ2v) is 8.14. The van der Waals surface area contributed by atoms with E-state index in [1.807, 2.05) is 49.4 Å². The maximum Gasteiger partial charge on any atom is 0.305 e. The Kier molecular flexibility index (Phi) is 9.48. The highest BCUT2D eigenvalue weighted by Crippen LogP contribution is 2.16. The van der Waals surface area contributed by atoms with E-state index < -0.39 is 12.0 Å². The number of benzene rings is 2. The van der Waals surface area contributed by atoms with Gasteiger partial charge >= 0.3 is 5.97 Å². The van der Waals surface area contributed by atoms with Crippen molar-refractivity contribution in [2.24, 2.45) is 0 Å². The molecule has 0 bridgehead atoms. The average Bonchev–Trinajstić information content (AvgIpc) is 2.84. The van der Waals surface area contributed by atoms with Crippen LogP contribution in [0.15, 0.2) is 66.7 Å². The number of nitrogens with one attached hydrogen (secondary N) is 2. The van der Waals surface area contributed by atoms with E-state index >= 15 is 0 Å². The fourth-order valence-electron chi connectivity index (χ4n) is 3.52. The molecule has 1 heterocycles.